The third kappa shape index (κ3) is 4.12. The van der Waals surface area contributed by atoms with Crippen molar-refractivity contribution in [3.05, 3.63) is 144 Å². The van der Waals surface area contributed by atoms with Crippen molar-refractivity contribution < 1.29 is 0 Å². The lowest BCUT2D eigenvalue weighted by Crippen LogP contribution is -2.42. The van der Waals surface area contributed by atoms with Crippen LogP contribution in [0.15, 0.2) is 121 Å². The Morgan fingerprint density at radius 3 is 1.95 bits per heavy atom. The molecule has 2 aliphatic carbocycles. The molecule has 0 unspecified atom stereocenters. The first-order valence-electron chi connectivity index (χ1n) is 16.0. The number of hydrogen-bond donors (Lipinski definition) is 0. The number of fused-ring (bicyclic) bond motifs is 2. The molecule has 0 aliphatic heterocycles. The Morgan fingerprint density at radius 2 is 1.27 bits per heavy atom. The monoisotopic (exact) mass is 577 g/mol. The zero-order valence-corrected chi connectivity index (χ0v) is 28.0. The van der Waals surface area contributed by atoms with Crippen LogP contribution in [-0.4, -0.2) is 0 Å². The van der Waals surface area contributed by atoms with E-state index in [2.05, 4.69) is 177 Å². The van der Waals surface area contributed by atoms with Crippen molar-refractivity contribution in [2.24, 2.45) is 5.41 Å². The van der Waals surface area contributed by atoms with Gasteiger partial charge in [0.25, 0.3) is 0 Å². The zero-order valence-electron chi connectivity index (χ0n) is 28.0. The standard InChI is InChI=1S/C43H47N/c1-11-18-35-32(12-2)34-25-24-31(28-37(34)40(35,3)4)44(30-19-14-13-15-20-30)39-22-17-16-21-33(39)29-23-26-36-38(27-29)42(7,8)43(9,10)41(36,5)6/h11-28H,2H2,1,3-10H3/b18-11-. The van der Waals surface area contributed by atoms with Crippen LogP contribution in [0, 0.1) is 5.41 Å². The fraction of sp³-hybridized carbons (Fsp3) is 0.302. The molecule has 0 N–H and O–H groups in total. The average molecular weight is 578 g/mol. The van der Waals surface area contributed by atoms with Gasteiger partial charge in [-0.3, -0.25) is 0 Å². The van der Waals surface area contributed by atoms with Crippen molar-refractivity contribution >= 4 is 22.6 Å². The molecule has 1 heteroatoms. The van der Waals surface area contributed by atoms with Gasteiger partial charge in [-0.1, -0.05) is 141 Å². The van der Waals surface area contributed by atoms with Gasteiger partial charge < -0.3 is 4.90 Å². The van der Waals surface area contributed by atoms with Gasteiger partial charge in [-0.15, -0.1) is 0 Å². The summed E-state index contributed by atoms with van der Waals surface area (Å²) in [5, 5.41) is 0. The molecule has 0 heterocycles. The summed E-state index contributed by atoms with van der Waals surface area (Å²) in [7, 11) is 0. The minimum Gasteiger partial charge on any atom is -0.310 e. The lowest BCUT2D eigenvalue weighted by molar-refractivity contribution is 0.125. The minimum atomic E-state index is -0.131. The van der Waals surface area contributed by atoms with E-state index < -0.39 is 0 Å². The van der Waals surface area contributed by atoms with Crippen LogP contribution >= 0.6 is 0 Å². The van der Waals surface area contributed by atoms with E-state index in [1.165, 1.54) is 50.2 Å². The van der Waals surface area contributed by atoms with E-state index in [4.69, 9.17) is 0 Å². The van der Waals surface area contributed by atoms with Crippen LogP contribution in [0.25, 0.3) is 16.7 Å². The molecule has 0 saturated heterocycles. The van der Waals surface area contributed by atoms with Crippen LogP contribution < -0.4 is 4.90 Å². The van der Waals surface area contributed by atoms with E-state index in [0.29, 0.717) is 0 Å². The van der Waals surface area contributed by atoms with Gasteiger partial charge in [-0.05, 0) is 92.5 Å². The van der Waals surface area contributed by atoms with Crippen LogP contribution in [0.5, 0.6) is 0 Å². The smallest absolute Gasteiger partial charge is 0.0540 e. The van der Waals surface area contributed by atoms with E-state index in [-0.39, 0.29) is 21.7 Å². The molecule has 224 valence electrons. The van der Waals surface area contributed by atoms with Gasteiger partial charge in [-0.2, -0.15) is 0 Å². The van der Waals surface area contributed by atoms with E-state index in [0.717, 1.165) is 11.4 Å². The predicted octanol–water partition coefficient (Wildman–Crippen LogP) is 12.2. The number of allylic oxidation sites excluding steroid dienone is 5. The summed E-state index contributed by atoms with van der Waals surface area (Å²) in [6, 6.07) is 33.8. The van der Waals surface area contributed by atoms with Gasteiger partial charge in [0, 0.05) is 22.4 Å². The molecule has 44 heavy (non-hydrogen) atoms. The highest BCUT2D eigenvalue weighted by atomic mass is 15.1. The fourth-order valence-electron chi connectivity index (χ4n) is 7.88. The third-order valence-electron chi connectivity index (χ3n) is 11.7. The predicted molar refractivity (Wildman–Crippen MR) is 191 cm³/mol. The molecule has 6 rings (SSSR count). The van der Waals surface area contributed by atoms with E-state index in [1.807, 2.05) is 6.08 Å². The van der Waals surface area contributed by atoms with Crippen molar-refractivity contribution in [1.29, 1.82) is 0 Å². The highest BCUT2D eigenvalue weighted by Crippen LogP contribution is 2.62. The Kier molecular flexibility index (Phi) is 6.96. The number of anilines is 3. The maximum Gasteiger partial charge on any atom is 0.0540 e. The molecule has 4 aromatic carbocycles. The maximum absolute atomic E-state index is 4.19. The van der Waals surface area contributed by atoms with Gasteiger partial charge in [0.05, 0.1) is 5.69 Å². The Hall–Kier alpha value is -4.10. The van der Waals surface area contributed by atoms with Gasteiger partial charge in [0.1, 0.15) is 0 Å². The molecule has 0 bridgehead atoms. The third-order valence-corrected chi connectivity index (χ3v) is 11.7. The highest BCUT2D eigenvalue weighted by Gasteiger charge is 2.56. The summed E-state index contributed by atoms with van der Waals surface area (Å²) in [4.78, 5) is 2.43. The van der Waals surface area contributed by atoms with Crippen molar-refractivity contribution in [2.45, 2.75) is 78.6 Å². The van der Waals surface area contributed by atoms with E-state index >= 15 is 0 Å². The molecular formula is C43H47N. The molecular weight excluding hydrogens is 530 g/mol. The van der Waals surface area contributed by atoms with Gasteiger partial charge in [-0.25, -0.2) is 0 Å². The van der Waals surface area contributed by atoms with Crippen LogP contribution in [0.1, 0.15) is 84.6 Å². The van der Waals surface area contributed by atoms with Crippen LogP contribution in [0.4, 0.5) is 17.1 Å². The molecule has 2 aliphatic rings. The number of para-hydroxylation sites is 2. The topological polar surface area (TPSA) is 3.24 Å². The summed E-state index contributed by atoms with van der Waals surface area (Å²) >= 11 is 0. The average Bonchev–Trinajstić information content (AvgIpc) is 3.28. The van der Waals surface area contributed by atoms with Crippen molar-refractivity contribution in [2.75, 3.05) is 4.90 Å². The molecule has 0 aromatic heterocycles. The van der Waals surface area contributed by atoms with Crippen LogP contribution in [0.2, 0.25) is 0 Å². The van der Waals surface area contributed by atoms with Crippen molar-refractivity contribution in [1.82, 2.24) is 0 Å². The molecule has 0 spiro atoms. The van der Waals surface area contributed by atoms with E-state index in [9.17, 15) is 0 Å². The number of hydrogen-bond acceptors (Lipinski definition) is 1. The summed E-state index contributed by atoms with van der Waals surface area (Å²) in [6.07, 6.45) is 6.41. The molecule has 0 atom stereocenters. The SMILES string of the molecule is C=CC1=C(/C=C\C)C(C)(C)c2cc(N(c3ccccc3)c3ccccc3-c3ccc4c(c3)C(C)(C)C(C)(C)C4(C)C)ccc21. The second kappa shape index (κ2) is 10.2. The normalized spacial score (nSPS) is 18.8. The minimum absolute atomic E-state index is 0.0436. The van der Waals surface area contributed by atoms with Crippen molar-refractivity contribution in [3.8, 4) is 11.1 Å². The Morgan fingerprint density at radius 1 is 0.614 bits per heavy atom. The first-order valence-corrected chi connectivity index (χ1v) is 16.0. The summed E-state index contributed by atoms with van der Waals surface area (Å²) in [5.74, 6) is 0. The second-order valence-corrected chi connectivity index (χ2v) is 14.7. The van der Waals surface area contributed by atoms with Gasteiger partial charge in [0.2, 0.25) is 0 Å². The summed E-state index contributed by atoms with van der Waals surface area (Å²) < 4.78 is 0. The molecule has 0 radical (unpaired) electrons. The quantitative estimate of drug-likeness (QED) is 0.220. The molecule has 0 saturated carbocycles. The lowest BCUT2D eigenvalue weighted by Gasteiger charge is -2.44. The molecule has 4 aromatic rings. The summed E-state index contributed by atoms with van der Waals surface area (Å²) in [6.45, 7) is 25.5. The van der Waals surface area contributed by atoms with Crippen LogP contribution in [0.3, 0.4) is 0 Å². The maximum atomic E-state index is 4.19. The molecule has 1 nitrogen and oxygen atoms in total. The van der Waals surface area contributed by atoms with Gasteiger partial charge in [0.15, 0.2) is 0 Å². The highest BCUT2D eigenvalue weighted by molar-refractivity contribution is 5.92. The number of rotatable bonds is 6. The Balaban J connectivity index is 1.55. The number of benzene rings is 4. The van der Waals surface area contributed by atoms with Crippen LogP contribution in [-0.2, 0) is 16.2 Å². The van der Waals surface area contributed by atoms with E-state index in [1.54, 1.807) is 0 Å². The van der Waals surface area contributed by atoms with Crippen molar-refractivity contribution in [3.63, 3.8) is 0 Å². The Labute approximate surface area is 265 Å². The summed E-state index contributed by atoms with van der Waals surface area (Å²) in [5.41, 5.74) is 14.2. The number of nitrogens with zero attached hydrogens (tertiary/aromatic N) is 1. The first-order chi connectivity index (χ1) is 20.8. The first kappa shape index (κ1) is 29.9. The molecule has 0 fully saturated rings. The fourth-order valence-corrected chi connectivity index (χ4v) is 7.88. The molecule has 0 amide bonds. The Bertz CT molecular complexity index is 1820. The van der Waals surface area contributed by atoms with Gasteiger partial charge >= 0.3 is 0 Å². The zero-order chi connectivity index (χ0) is 31.7. The lowest BCUT2D eigenvalue weighted by atomic mass is 9.59. The largest absolute Gasteiger partial charge is 0.310 e. The second-order valence-electron chi connectivity index (χ2n) is 14.7.